The zero-order chi connectivity index (χ0) is 27.3. The number of nitriles is 1. The number of halogens is 1. The van der Waals surface area contributed by atoms with Crippen LogP contribution in [0.25, 0.3) is 0 Å². The summed E-state index contributed by atoms with van der Waals surface area (Å²) in [4.78, 5) is 6.14. The van der Waals surface area contributed by atoms with E-state index in [1.165, 1.54) is 10.4 Å². The Labute approximate surface area is 239 Å². The van der Waals surface area contributed by atoms with Crippen molar-refractivity contribution >= 4 is 38.5 Å². The van der Waals surface area contributed by atoms with E-state index >= 15 is 0 Å². The molecular weight excluding hydrogens is 556 g/mol. The van der Waals surface area contributed by atoms with Crippen LogP contribution in [0.4, 0.5) is 5.00 Å². The number of rotatable bonds is 9. The minimum atomic E-state index is 0.260. The van der Waals surface area contributed by atoms with Gasteiger partial charge in [-0.3, -0.25) is 0 Å². The molecule has 0 amide bonds. The fraction of sp³-hybridized carbons (Fsp3) is 0.375. The Morgan fingerprint density at radius 3 is 2.63 bits per heavy atom. The van der Waals surface area contributed by atoms with Gasteiger partial charge in [0.15, 0.2) is 11.5 Å². The molecule has 2 aromatic carbocycles. The maximum atomic E-state index is 9.95. The highest BCUT2D eigenvalue weighted by molar-refractivity contribution is 9.10. The molecule has 198 valence electrons. The monoisotopic (exact) mass is 590 g/mol. The first kappa shape index (κ1) is 28.1. The zero-order valence-corrected chi connectivity index (χ0v) is 25.0. The molecule has 4 nitrogen and oxygen atoms in total. The van der Waals surface area contributed by atoms with Gasteiger partial charge in [0.05, 0.1) is 12.2 Å². The average Bonchev–Trinajstić information content (AvgIpc) is 3.24. The maximum Gasteiger partial charge on any atom is 0.165 e. The highest BCUT2D eigenvalue weighted by atomic mass is 79.9. The number of ether oxygens (including phenoxy) is 2. The van der Waals surface area contributed by atoms with Crippen molar-refractivity contribution in [2.75, 3.05) is 6.61 Å². The molecule has 4 rings (SSSR count). The Kier molecular flexibility index (Phi) is 9.12. The van der Waals surface area contributed by atoms with Crippen LogP contribution in [0.15, 0.2) is 58.5 Å². The molecule has 0 unspecified atom stereocenters. The molecule has 0 fully saturated rings. The van der Waals surface area contributed by atoms with Gasteiger partial charge < -0.3 is 9.47 Å². The number of fused-ring (bicyclic) bond motifs is 1. The van der Waals surface area contributed by atoms with Crippen molar-refractivity contribution in [3.8, 4) is 17.6 Å². The topological polar surface area (TPSA) is 54.6 Å². The SMILES string of the molecule is C=CCc1cc(C=Nc2sc3c(c2C#N)CC[C@H](C(C)(C)C)C3)cc(OCC)c1OCc1ccc(Br)cc1. The average molecular weight is 592 g/mol. The third kappa shape index (κ3) is 6.57. The predicted molar refractivity (Wildman–Crippen MR) is 161 cm³/mol. The number of hydrogen-bond acceptors (Lipinski definition) is 5. The third-order valence-corrected chi connectivity index (χ3v) is 8.72. The Morgan fingerprint density at radius 1 is 1.21 bits per heavy atom. The second kappa shape index (κ2) is 12.3. The fourth-order valence-corrected chi connectivity index (χ4v) is 6.36. The van der Waals surface area contributed by atoms with Crippen molar-refractivity contribution < 1.29 is 9.47 Å². The van der Waals surface area contributed by atoms with Crippen molar-refractivity contribution in [2.24, 2.45) is 16.3 Å². The van der Waals surface area contributed by atoms with E-state index in [0.29, 0.717) is 31.3 Å². The van der Waals surface area contributed by atoms with E-state index in [0.717, 1.165) is 56.7 Å². The molecule has 38 heavy (non-hydrogen) atoms. The van der Waals surface area contributed by atoms with Gasteiger partial charge in [0.2, 0.25) is 0 Å². The van der Waals surface area contributed by atoms with E-state index in [2.05, 4.69) is 55.4 Å². The molecule has 0 spiro atoms. The Hall–Kier alpha value is -2.88. The standard InChI is InChI=1S/C32H35BrN2O2S/c1-6-8-23-15-22(16-28(36-7-2)30(23)37-20-21-9-12-25(33)13-10-21)19-35-31-27(18-34)26-14-11-24(32(3,4)5)17-29(26)38-31/h6,9-10,12-13,15-16,19,24H,1,7-8,11,14,17,20H2,2-5H3/t24-/m0/s1. The first-order valence-electron chi connectivity index (χ1n) is 13.1. The lowest BCUT2D eigenvalue weighted by molar-refractivity contribution is 0.218. The van der Waals surface area contributed by atoms with Gasteiger partial charge in [0.25, 0.3) is 0 Å². The van der Waals surface area contributed by atoms with Crippen molar-refractivity contribution in [3.63, 3.8) is 0 Å². The van der Waals surface area contributed by atoms with Crippen LogP contribution in [0, 0.1) is 22.7 Å². The highest BCUT2D eigenvalue weighted by Crippen LogP contribution is 2.45. The highest BCUT2D eigenvalue weighted by Gasteiger charge is 2.32. The molecule has 0 bridgehead atoms. The molecule has 0 N–H and O–H groups in total. The van der Waals surface area contributed by atoms with Crippen LogP contribution in [-0.2, 0) is 25.9 Å². The fourth-order valence-electron chi connectivity index (χ4n) is 4.88. The van der Waals surface area contributed by atoms with Crippen LogP contribution in [0.5, 0.6) is 11.5 Å². The van der Waals surface area contributed by atoms with Gasteiger partial charge in [-0.2, -0.15) is 5.26 Å². The van der Waals surface area contributed by atoms with Crippen molar-refractivity contribution in [1.29, 1.82) is 5.26 Å². The van der Waals surface area contributed by atoms with Crippen molar-refractivity contribution in [1.82, 2.24) is 0 Å². The minimum absolute atomic E-state index is 0.260. The number of thiophene rings is 1. The second-order valence-corrected chi connectivity index (χ2v) is 12.7. The summed E-state index contributed by atoms with van der Waals surface area (Å²) in [6.07, 6.45) is 7.45. The van der Waals surface area contributed by atoms with Crippen LogP contribution in [-0.4, -0.2) is 12.8 Å². The lowest BCUT2D eigenvalue weighted by Crippen LogP contribution is -2.26. The zero-order valence-electron chi connectivity index (χ0n) is 22.6. The predicted octanol–water partition coefficient (Wildman–Crippen LogP) is 8.99. The molecule has 1 atom stereocenters. The number of benzene rings is 2. The van der Waals surface area contributed by atoms with Crippen LogP contribution in [0.2, 0.25) is 0 Å². The van der Waals surface area contributed by atoms with Crippen LogP contribution in [0.3, 0.4) is 0 Å². The van der Waals surface area contributed by atoms with Gasteiger partial charge in [-0.05, 0) is 84.9 Å². The largest absolute Gasteiger partial charge is 0.490 e. The number of allylic oxidation sites excluding steroid dienone is 1. The minimum Gasteiger partial charge on any atom is -0.490 e. The van der Waals surface area contributed by atoms with Crippen molar-refractivity contribution in [2.45, 2.75) is 60.0 Å². The summed E-state index contributed by atoms with van der Waals surface area (Å²) in [6, 6.07) is 14.6. The molecule has 3 aromatic rings. The molecule has 0 saturated heterocycles. The lowest BCUT2D eigenvalue weighted by Gasteiger charge is -2.33. The summed E-state index contributed by atoms with van der Waals surface area (Å²) < 4.78 is 13.3. The van der Waals surface area contributed by atoms with E-state index in [4.69, 9.17) is 14.5 Å². The van der Waals surface area contributed by atoms with Gasteiger partial charge >= 0.3 is 0 Å². The van der Waals surface area contributed by atoms with Crippen LogP contribution < -0.4 is 9.47 Å². The van der Waals surface area contributed by atoms with Crippen LogP contribution >= 0.6 is 27.3 Å². The molecule has 1 heterocycles. The lowest BCUT2D eigenvalue weighted by atomic mass is 9.72. The number of nitrogens with zero attached hydrogens (tertiary/aromatic N) is 2. The molecule has 0 aliphatic heterocycles. The summed E-state index contributed by atoms with van der Waals surface area (Å²) in [5, 5.41) is 10.7. The normalized spacial score (nSPS) is 15.2. The van der Waals surface area contributed by atoms with E-state index in [9.17, 15) is 5.26 Å². The van der Waals surface area contributed by atoms with Gasteiger partial charge in [0, 0.05) is 21.1 Å². The Balaban J connectivity index is 1.63. The third-order valence-electron chi connectivity index (χ3n) is 7.03. The second-order valence-electron chi connectivity index (χ2n) is 10.7. The molecule has 1 aromatic heterocycles. The number of hydrogen-bond donors (Lipinski definition) is 0. The number of aliphatic imine (C=N–C) groups is 1. The summed E-state index contributed by atoms with van der Waals surface area (Å²) in [6.45, 7) is 13.8. The molecule has 0 radical (unpaired) electrons. The summed E-state index contributed by atoms with van der Waals surface area (Å²) in [5.74, 6) is 2.03. The summed E-state index contributed by atoms with van der Waals surface area (Å²) >= 11 is 5.15. The first-order valence-corrected chi connectivity index (χ1v) is 14.7. The van der Waals surface area contributed by atoms with Gasteiger partial charge in [0.1, 0.15) is 17.7 Å². The molecule has 6 heteroatoms. The summed E-state index contributed by atoms with van der Waals surface area (Å²) in [7, 11) is 0. The van der Waals surface area contributed by atoms with Gasteiger partial charge in [-0.15, -0.1) is 17.9 Å². The van der Waals surface area contributed by atoms with Crippen molar-refractivity contribution in [3.05, 3.63) is 86.2 Å². The quantitative estimate of drug-likeness (QED) is 0.184. The van der Waals surface area contributed by atoms with Gasteiger partial charge in [-0.25, -0.2) is 4.99 Å². The molecule has 1 aliphatic rings. The van der Waals surface area contributed by atoms with E-state index < -0.39 is 0 Å². The van der Waals surface area contributed by atoms with Crippen LogP contribution in [0.1, 0.15) is 66.8 Å². The first-order chi connectivity index (χ1) is 18.2. The maximum absolute atomic E-state index is 9.95. The molecular formula is C32H35BrN2O2S. The van der Waals surface area contributed by atoms with Gasteiger partial charge in [-0.1, -0.05) is 54.9 Å². The molecule has 0 saturated carbocycles. The van der Waals surface area contributed by atoms with E-state index in [-0.39, 0.29) is 5.41 Å². The summed E-state index contributed by atoms with van der Waals surface area (Å²) in [5.41, 5.74) is 5.16. The van der Waals surface area contributed by atoms with E-state index in [1.54, 1.807) is 11.3 Å². The van der Waals surface area contributed by atoms with E-state index in [1.807, 2.05) is 49.5 Å². The Bertz CT molecular complexity index is 1360. The Morgan fingerprint density at radius 2 is 1.97 bits per heavy atom. The molecule has 1 aliphatic carbocycles. The smallest absolute Gasteiger partial charge is 0.165 e.